The van der Waals surface area contributed by atoms with E-state index in [0.29, 0.717) is 59.1 Å². The van der Waals surface area contributed by atoms with Gasteiger partial charge in [-0.1, -0.05) is 24.3 Å². The lowest BCUT2D eigenvalue weighted by Gasteiger charge is -2.29. The van der Waals surface area contributed by atoms with Gasteiger partial charge in [0.15, 0.2) is 0 Å². The van der Waals surface area contributed by atoms with Crippen LogP contribution in [0.3, 0.4) is 0 Å². The van der Waals surface area contributed by atoms with Crippen LogP contribution in [-0.2, 0) is 28.0 Å². The second-order valence-corrected chi connectivity index (χ2v) is 13.5. The first-order chi connectivity index (χ1) is 25.1. The van der Waals surface area contributed by atoms with Crippen LogP contribution in [0.4, 0.5) is 24.5 Å². The molecule has 1 aromatic heterocycles. The average molecular weight is 734 g/mol. The normalized spacial score (nSPS) is 13.0. The highest BCUT2D eigenvalue weighted by Gasteiger charge is 2.30. The van der Waals surface area contributed by atoms with Gasteiger partial charge >= 0.3 is 6.18 Å². The molecule has 3 amide bonds. The monoisotopic (exact) mass is 733 g/mol. The largest absolute Gasteiger partial charge is 0.416 e. The van der Waals surface area contributed by atoms with Crippen LogP contribution < -0.4 is 20.9 Å². The number of carbonyl (C=O) groups is 3. The number of anilines is 2. The van der Waals surface area contributed by atoms with E-state index in [2.05, 4.69) is 25.8 Å². The van der Waals surface area contributed by atoms with Crippen molar-refractivity contribution in [1.82, 2.24) is 15.6 Å². The zero-order chi connectivity index (χ0) is 36.9. The summed E-state index contributed by atoms with van der Waals surface area (Å²) in [6.45, 7) is 2.66. The Balaban J connectivity index is 1.31. The van der Waals surface area contributed by atoms with Crippen molar-refractivity contribution in [3.8, 4) is 11.3 Å². The number of nitrogens with one attached hydrogen (secondary N) is 3. The van der Waals surface area contributed by atoms with E-state index in [-0.39, 0.29) is 23.9 Å². The van der Waals surface area contributed by atoms with Gasteiger partial charge in [-0.3, -0.25) is 19.4 Å². The first-order valence-electron chi connectivity index (χ1n) is 17.1. The third kappa shape index (κ3) is 11.1. The Kier molecular flexibility index (Phi) is 13.7. The number of nitrogens with zero attached hydrogens (tertiary/aromatic N) is 2. The molecule has 13 heteroatoms. The summed E-state index contributed by atoms with van der Waals surface area (Å²) in [6, 6.07) is 21.1. The van der Waals surface area contributed by atoms with Gasteiger partial charge in [0.05, 0.1) is 23.6 Å². The van der Waals surface area contributed by atoms with E-state index in [9.17, 15) is 27.6 Å². The van der Waals surface area contributed by atoms with Crippen LogP contribution in [0.15, 0.2) is 85.1 Å². The van der Waals surface area contributed by atoms with E-state index < -0.39 is 17.6 Å². The zero-order valence-corrected chi connectivity index (χ0v) is 29.7. The summed E-state index contributed by atoms with van der Waals surface area (Å²) < 4.78 is 44.5. The Morgan fingerprint density at radius 2 is 1.63 bits per heavy atom. The van der Waals surface area contributed by atoms with Crippen molar-refractivity contribution < 1.29 is 32.3 Å². The van der Waals surface area contributed by atoms with Gasteiger partial charge in [0, 0.05) is 79.8 Å². The van der Waals surface area contributed by atoms with E-state index in [1.807, 2.05) is 36.4 Å². The predicted molar refractivity (Wildman–Crippen MR) is 198 cm³/mol. The molecule has 1 fully saturated rings. The van der Waals surface area contributed by atoms with Gasteiger partial charge in [-0.25, -0.2) is 0 Å². The second-order valence-electron chi connectivity index (χ2n) is 12.4. The number of piperidine rings is 1. The van der Waals surface area contributed by atoms with Gasteiger partial charge in [-0.2, -0.15) is 24.9 Å². The molecule has 1 aliphatic heterocycles. The van der Waals surface area contributed by atoms with E-state index in [1.54, 1.807) is 31.0 Å². The highest BCUT2D eigenvalue weighted by Crippen LogP contribution is 2.34. The average Bonchev–Trinajstić information content (AvgIpc) is 3.16. The standard InChI is InChI=1S/C39H42F3N5O4S/c1-51-19-16-44-36(48)14-20-52-26-28-8-5-9-29(21-28)38(50)46-34-12-11-32(47-17-3-2-4-18-47)24-33(34)35-23-30(13-15-43-35)37(49)45-25-27-7-6-10-31(22-27)39(40,41)42/h5-13,15,21-24H,2-4,14,16-20,25-26H2,1H3,(H,44,48)(H,45,49)(H,46,50). The van der Waals surface area contributed by atoms with Crippen LogP contribution >= 0.6 is 11.8 Å². The third-order valence-electron chi connectivity index (χ3n) is 8.54. The molecular formula is C39H42F3N5O4S. The van der Waals surface area contributed by atoms with Crippen LogP contribution in [0.25, 0.3) is 11.3 Å². The fourth-order valence-electron chi connectivity index (χ4n) is 5.80. The molecule has 9 nitrogen and oxygen atoms in total. The molecule has 0 spiro atoms. The highest BCUT2D eigenvalue weighted by atomic mass is 32.2. The fourth-order valence-corrected chi connectivity index (χ4v) is 6.69. The topological polar surface area (TPSA) is 113 Å². The van der Waals surface area contributed by atoms with Gasteiger partial charge in [-0.15, -0.1) is 0 Å². The molecule has 3 N–H and O–H groups in total. The summed E-state index contributed by atoms with van der Waals surface area (Å²) in [4.78, 5) is 45.6. The molecule has 1 aliphatic rings. The minimum Gasteiger partial charge on any atom is -0.383 e. The number of amides is 3. The number of methoxy groups -OCH3 is 1. The Bertz CT molecular complexity index is 1850. The SMILES string of the molecule is COCCNC(=O)CCSCc1cccc(C(=O)Nc2ccc(N3CCCCC3)cc2-c2cc(C(=O)NCc3cccc(C(F)(F)F)c3)ccn2)c1. The molecule has 1 saturated heterocycles. The zero-order valence-electron chi connectivity index (χ0n) is 28.9. The van der Waals surface area contributed by atoms with E-state index >= 15 is 0 Å². The highest BCUT2D eigenvalue weighted by molar-refractivity contribution is 7.98. The lowest BCUT2D eigenvalue weighted by Crippen LogP contribution is -2.29. The number of ether oxygens (including phenoxy) is 1. The third-order valence-corrected chi connectivity index (χ3v) is 9.57. The fraction of sp³-hybridized carbons (Fsp3) is 0.333. The number of hydrogen-bond donors (Lipinski definition) is 3. The number of carbonyl (C=O) groups excluding carboxylic acids is 3. The number of benzene rings is 3. The van der Waals surface area contributed by atoms with Gasteiger partial charge in [-0.05, 0) is 85.0 Å². The second kappa shape index (κ2) is 18.6. The van der Waals surface area contributed by atoms with E-state index in [1.165, 1.54) is 30.8 Å². The lowest BCUT2D eigenvalue weighted by atomic mass is 10.0. The first kappa shape index (κ1) is 38.4. The molecule has 2 heterocycles. The molecule has 0 saturated carbocycles. The summed E-state index contributed by atoms with van der Waals surface area (Å²) in [5, 5.41) is 8.55. The Morgan fingerprint density at radius 3 is 2.42 bits per heavy atom. The maximum absolute atomic E-state index is 13.6. The van der Waals surface area contributed by atoms with Crippen LogP contribution in [0.2, 0.25) is 0 Å². The number of rotatable bonds is 15. The molecule has 3 aromatic carbocycles. The molecular weight excluding hydrogens is 692 g/mol. The Labute approximate surface area is 305 Å². The molecule has 0 radical (unpaired) electrons. The summed E-state index contributed by atoms with van der Waals surface area (Å²) in [5.41, 5.74) is 3.79. The number of alkyl halides is 3. The maximum Gasteiger partial charge on any atom is 0.416 e. The van der Waals surface area contributed by atoms with Crippen molar-refractivity contribution in [1.29, 1.82) is 0 Å². The summed E-state index contributed by atoms with van der Waals surface area (Å²) in [7, 11) is 1.58. The lowest BCUT2D eigenvalue weighted by molar-refractivity contribution is -0.137. The Hall–Kier alpha value is -4.88. The molecule has 4 aromatic rings. The summed E-state index contributed by atoms with van der Waals surface area (Å²) in [6.07, 6.45) is 0.712. The maximum atomic E-state index is 13.6. The van der Waals surface area contributed by atoms with Crippen LogP contribution in [-0.4, -0.2) is 61.8 Å². The molecule has 0 atom stereocenters. The number of pyridine rings is 1. The van der Waals surface area contributed by atoms with Gasteiger partial charge in [0.25, 0.3) is 11.8 Å². The number of thioether (sulfide) groups is 1. The quantitative estimate of drug-likeness (QED) is 0.110. The number of aromatic nitrogens is 1. The van der Waals surface area contributed by atoms with Crippen molar-refractivity contribution in [2.24, 2.45) is 0 Å². The number of halogens is 3. The van der Waals surface area contributed by atoms with E-state index in [0.717, 1.165) is 49.3 Å². The van der Waals surface area contributed by atoms with Crippen molar-refractivity contribution in [3.05, 3.63) is 113 Å². The van der Waals surface area contributed by atoms with Crippen molar-refractivity contribution in [2.45, 2.75) is 44.2 Å². The van der Waals surface area contributed by atoms with Crippen LogP contribution in [0.1, 0.15) is 63.1 Å². The summed E-state index contributed by atoms with van der Waals surface area (Å²) >= 11 is 1.61. The van der Waals surface area contributed by atoms with Gasteiger partial charge < -0.3 is 25.6 Å². The first-order valence-corrected chi connectivity index (χ1v) is 18.3. The van der Waals surface area contributed by atoms with E-state index in [4.69, 9.17) is 4.74 Å². The van der Waals surface area contributed by atoms with Gasteiger partial charge in [0.2, 0.25) is 5.91 Å². The van der Waals surface area contributed by atoms with Crippen LogP contribution in [0.5, 0.6) is 0 Å². The minimum atomic E-state index is -4.48. The Morgan fingerprint density at radius 1 is 0.865 bits per heavy atom. The molecule has 52 heavy (non-hydrogen) atoms. The summed E-state index contributed by atoms with van der Waals surface area (Å²) in [5.74, 6) is 0.452. The number of hydrogen-bond acceptors (Lipinski definition) is 7. The molecule has 0 unspecified atom stereocenters. The minimum absolute atomic E-state index is 0.0319. The van der Waals surface area contributed by atoms with Crippen LogP contribution in [0, 0.1) is 0 Å². The van der Waals surface area contributed by atoms with Crippen molar-refractivity contribution >= 4 is 40.9 Å². The molecule has 0 bridgehead atoms. The van der Waals surface area contributed by atoms with Crippen molar-refractivity contribution in [2.75, 3.05) is 49.3 Å². The molecule has 5 rings (SSSR count). The van der Waals surface area contributed by atoms with Crippen molar-refractivity contribution in [3.63, 3.8) is 0 Å². The smallest absolute Gasteiger partial charge is 0.383 e. The predicted octanol–water partition coefficient (Wildman–Crippen LogP) is 7.33. The molecule has 0 aliphatic carbocycles. The van der Waals surface area contributed by atoms with Gasteiger partial charge in [0.1, 0.15) is 0 Å². The molecule has 274 valence electrons.